The Balaban J connectivity index is 1.89. The van der Waals surface area contributed by atoms with Crippen molar-refractivity contribution in [3.8, 4) is 45.5 Å². The number of benzene rings is 3. The zero-order valence-electron chi connectivity index (χ0n) is 20.1. The zero-order chi connectivity index (χ0) is 25.8. The van der Waals surface area contributed by atoms with Crippen molar-refractivity contribution in [2.75, 3.05) is 28.4 Å². The highest BCUT2D eigenvalue weighted by Gasteiger charge is 2.22. The smallest absolute Gasteiger partial charge is 0.269 e. The maximum Gasteiger partial charge on any atom is 0.269 e. The van der Waals surface area contributed by atoms with Crippen molar-refractivity contribution in [1.82, 2.24) is 9.78 Å². The number of halogens is 1. The van der Waals surface area contributed by atoms with Crippen molar-refractivity contribution in [2.45, 2.75) is 6.54 Å². The molecule has 0 saturated heterocycles. The van der Waals surface area contributed by atoms with Crippen LogP contribution in [0, 0.1) is 10.1 Å². The van der Waals surface area contributed by atoms with Crippen molar-refractivity contribution in [3.63, 3.8) is 0 Å². The lowest BCUT2D eigenvalue weighted by Gasteiger charge is -2.12. The van der Waals surface area contributed by atoms with Gasteiger partial charge in [-0.2, -0.15) is 5.10 Å². The first-order valence-corrected chi connectivity index (χ1v) is 11.2. The molecule has 0 fully saturated rings. The lowest BCUT2D eigenvalue weighted by atomic mass is 10.1. The molecular weight excluding hydrogens is 486 g/mol. The highest BCUT2D eigenvalue weighted by Crippen LogP contribution is 2.41. The van der Waals surface area contributed by atoms with Crippen LogP contribution in [0.2, 0.25) is 5.02 Å². The van der Waals surface area contributed by atoms with Gasteiger partial charge in [0.2, 0.25) is 0 Å². The third kappa shape index (κ3) is 4.78. The third-order valence-electron chi connectivity index (χ3n) is 5.66. The molecule has 4 rings (SSSR count). The molecule has 0 aliphatic carbocycles. The summed E-state index contributed by atoms with van der Waals surface area (Å²) in [5.74, 6) is 2.21. The van der Waals surface area contributed by atoms with Crippen LogP contribution < -0.4 is 18.9 Å². The summed E-state index contributed by atoms with van der Waals surface area (Å²) in [6, 6.07) is 17.3. The van der Waals surface area contributed by atoms with E-state index in [0.29, 0.717) is 45.0 Å². The Morgan fingerprint density at radius 3 is 2.00 bits per heavy atom. The average molecular weight is 510 g/mol. The van der Waals surface area contributed by atoms with E-state index in [4.69, 9.17) is 35.6 Å². The van der Waals surface area contributed by atoms with Crippen molar-refractivity contribution in [3.05, 3.63) is 81.4 Å². The lowest BCUT2D eigenvalue weighted by molar-refractivity contribution is -0.384. The van der Waals surface area contributed by atoms with Crippen LogP contribution in [0.5, 0.6) is 23.0 Å². The molecule has 36 heavy (non-hydrogen) atoms. The van der Waals surface area contributed by atoms with Gasteiger partial charge in [0.25, 0.3) is 5.69 Å². The second kappa shape index (κ2) is 10.6. The highest BCUT2D eigenvalue weighted by molar-refractivity contribution is 6.35. The number of hydrogen-bond donors (Lipinski definition) is 0. The molecule has 0 N–H and O–H groups in total. The summed E-state index contributed by atoms with van der Waals surface area (Å²) in [6.07, 6.45) is 0. The Morgan fingerprint density at radius 2 is 1.42 bits per heavy atom. The van der Waals surface area contributed by atoms with E-state index < -0.39 is 4.92 Å². The number of rotatable bonds is 9. The van der Waals surface area contributed by atoms with E-state index in [9.17, 15) is 10.1 Å². The third-order valence-corrected chi connectivity index (χ3v) is 6.02. The second-order valence-corrected chi connectivity index (χ2v) is 8.11. The zero-order valence-corrected chi connectivity index (χ0v) is 20.9. The summed E-state index contributed by atoms with van der Waals surface area (Å²) < 4.78 is 23.4. The number of nitro groups is 1. The molecule has 3 aromatic carbocycles. The summed E-state index contributed by atoms with van der Waals surface area (Å²) in [4.78, 5) is 10.9. The van der Waals surface area contributed by atoms with Gasteiger partial charge in [0, 0.05) is 23.3 Å². The molecule has 0 spiro atoms. The van der Waals surface area contributed by atoms with E-state index in [2.05, 4.69) is 0 Å². The number of ether oxygens (including phenoxy) is 4. The lowest BCUT2D eigenvalue weighted by Crippen LogP contribution is -2.05. The molecule has 9 nitrogen and oxygen atoms in total. The second-order valence-electron chi connectivity index (χ2n) is 7.74. The normalized spacial score (nSPS) is 10.7. The Bertz CT molecular complexity index is 1420. The van der Waals surface area contributed by atoms with Gasteiger partial charge in [0.1, 0.15) is 5.69 Å². The van der Waals surface area contributed by atoms with Crippen LogP contribution in [-0.2, 0) is 6.54 Å². The van der Waals surface area contributed by atoms with Gasteiger partial charge in [-0.1, -0.05) is 23.7 Å². The first kappa shape index (κ1) is 24.9. The number of non-ortho nitro benzene ring substituents is 1. The standard InChI is InChI=1S/C26H24ClN3O6/c1-33-20-10-8-17(13-22(20)35-3)25-24(27)26(18-9-11-21(34-2)23(14-18)36-4)29(28-25)15-16-6-5-7-19(12-16)30(31)32/h5-14H,15H2,1-4H3. The quantitative estimate of drug-likeness (QED) is 0.206. The van der Waals surface area contributed by atoms with Crippen LogP contribution in [0.1, 0.15) is 5.56 Å². The van der Waals surface area contributed by atoms with Gasteiger partial charge in [0.15, 0.2) is 23.0 Å². The molecule has 0 saturated carbocycles. The molecular formula is C26H24ClN3O6. The van der Waals surface area contributed by atoms with Gasteiger partial charge in [-0.15, -0.1) is 0 Å². The van der Waals surface area contributed by atoms with E-state index in [1.54, 1.807) is 63.5 Å². The molecule has 0 atom stereocenters. The van der Waals surface area contributed by atoms with Crippen LogP contribution >= 0.6 is 11.6 Å². The molecule has 0 bridgehead atoms. The molecule has 0 unspecified atom stereocenters. The SMILES string of the molecule is COc1ccc(-c2nn(Cc3cccc([N+](=O)[O-])c3)c(-c3ccc(OC)c(OC)c3)c2Cl)cc1OC. The van der Waals surface area contributed by atoms with Crippen LogP contribution in [0.3, 0.4) is 0 Å². The molecule has 0 aliphatic rings. The summed E-state index contributed by atoms with van der Waals surface area (Å²) in [5.41, 5.74) is 3.30. The van der Waals surface area contributed by atoms with Gasteiger partial charge in [0.05, 0.1) is 50.6 Å². The van der Waals surface area contributed by atoms with Gasteiger partial charge in [-0.05, 0) is 42.0 Å². The van der Waals surface area contributed by atoms with Crippen molar-refractivity contribution >= 4 is 17.3 Å². The van der Waals surface area contributed by atoms with Crippen LogP contribution in [-0.4, -0.2) is 43.1 Å². The van der Waals surface area contributed by atoms with E-state index in [1.165, 1.54) is 12.1 Å². The predicted molar refractivity (Wildman–Crippen MR) is 137 cm³/mol. The van der Waals surface area contributed by atoms with Gasteiger partial charge >= 0.3 is 0 Å². The topological polar surface area (TPSA) is 97.9 Å². The highest BCUT2D eigenvalue weighted by atomic mass is 35.5. The van der Waals surface area contributed by atoms with E-state index in [-0.39, 0.29) is 12.2 Å². The maximum atomic E-state index is 11.3. The molecule has 186 valence electrons. The van der Waals surface area contributed by atoms with Gasteiger partial charge < -0.3 is 18.9 Å². The molecule has 0 aliphatic heterocycles. The van der Waals surface area contributed by atoms with Crippen molar-refractivity contribution in [1.29, 1.82) is 0 Å². The first-order chi connectivity index (χ1) is 17.4. The monoisotopic (exact) mass is 509 g/mol. The average Bonchev–Trinajstić information content (AvgIpc) is 3.23. The molecule has 1 aromatic heterocycles. The number of aromatic nitrogens is 2. The fourth-order valence-electron chi connectivity index (χ4n) is 3.92. The Kier molecular flexibility index (Phi) is 7.30. The predicted octanol–water partition coefficient (Wildman–Crippen LogP) is 5.86. The molecule has 1 heterocycles. The van der Waals surface area contributed by atoms with Gasteiger partial charge in [-0.3, -0.25) is 14.8 Å². The number of methoxy groups -OCH3 is 4. The van der Waals surface area contributed by atoms with E-state index in [1.807, 2.05) is 18.2 Å². The fourth-order valence-corrected chi connectivity index (χ4v) is 4.28. The van der Waals surface area contributed by atoms with Crippen molar-refractivity contribution in [2.24, 2.45) is 0 Å². The first-order valence-electron chi connectivity index (χ1n) is 10.8. The summed E-state index contributed by atoms with van der Waals surface area (Å²) in [5, 5.41) is 16.5. The van der Waals surface area contributed by atoms with Crippen LogP contribution in [0.4, 0.5) is 5.69 Å². The number of nitrogens with zero attached hydrogens (tertiary/aromatic N) is 3. The molecule has 0 radical (unpaired) electrons. The minimum atomic E-state index is -0.427. The van der Waals surface area contributed by atoms with Crippen molar-refractivity contribution < 1.29 is 23.9 Å². The summed E-state index contributed by atoms with van der Waals surface area (Å²) in [7, 11) is 6.23. The minimum Gasteiger partial charge on any atom is -0.493 e. The van der Waals surface area contributed by atoms with E-state index >= 15 is 0 Å². The Labute approximate surface area is 212 Å². The molecule has 4 aromatic rings. The van der Waals surface area contributed by atoms with E-state index in [0.717, 1.165) is 11.1 Å². The Morgan fingerprint density at radius 1 is 0.833 bits per heavy atom. The fraction of sp³-hybridized carbons (Fsp3) is 0.192. The molecule has 10 heteroatoms. The largest absolute Gasteiger partial charge is 0.493 e. The number of hydrogen-bond acceptors (Lipinski definition) is 7. The summed E-state index contributed by atoms with van der Waals surface area (Å²) >= 11 is 6.95. The summed E-state index contributed by atoms with van der Waals surface area (Å²) in [6.45, 7) is 0.248. The number of nitro benzene ring substituents is 1. The van der Waals surface area contributed by atoms with Crippen LogP contribution in [0.15, 0.2) is 60.7 Å². The molecule has 0 amide bonds. The van der Waals surface area contributed by atoms with Crippen LogP contribution in [0.25, 0.3) is 22.5 Å². The maximum absolute atomic E-state index is 11.3. The Hall–Kier alpha value is -4.24. The minimum absolute atomic E-state index is 0.00136. The van der Waals surface area contributed by atoms with Gasteiger partial charge in [-0.25, -0.2) is 0 Å².